The topological polar surface area (TPSA) is 135 Å². The lowest BCUT2D eigenvalue weighted by atomic mass is 10.1. The summed E-state index contributed by atoms with van der Waals surface area (Å²) in [6.07, 6.45) is 1.81. The lowest BCUT2D eigenvalue weighted by Crippen LogP contribution is -2.30. The highest BCUT2D eigenvalue weighted by Crippen LogP contribution is 2.22. The number of nitrogens with zero attached hydrogens (tertiary/aromatic N) is 4. The number of hydrogen-bond acceptors (Lipinski definition) is 5. The lowest BCUT2D eigenvalue weighted by molar-refractivity contribution is 0.191. The fraction of sp³-hybridized carbons (Fsp3) is 0.214. The maximum absolute atomic E-state index is 12.1. The number of carbonyl (C=O) groups is 1. The molecule has 0 bridgehead atoms. The Morgan fingerprint density at radius 2 is 2.08 bits per heavy atom. The van der Waals surface area contributed by atoms with Crippen molar-refractivity contribution in [1.82, 2.24) is 29.4 Å². The van der Waals surface area contributed by atoms with Crippen LogP contribution in [0, 0.1) is 0 Å². The Morgan fingerprint density at radius 3 is 2.71 bits per heavy atom. The molecule has 10 heteroatoms. The molecule has 0 aliphatic rings. The van der Waals surface area contributed by atoms with Crippen LogP contribution in [-0.2, 0) is 14.1 Å². The van der Waals surface area contributed by atoms with Crippen LogP contribution in [-0.4, -0.2) is 35.3 Å². The molecule has 3 aromatic rings. The lowest BCUT2D eigenvalue weighted by Gasteiger charge is -2.16. The molecule has 1 amide bonds. The van der Waals surface area contributed by atoms with Gasteiger partial charge in [-0.2, -0.15) is 0 Å². The van der Waals surface area contributed by atoms with E-state index in [-0.39, 0.29) is 17.0 Å². The predicted octanol–water partition coefficient (Wildman–Crippen LogP) is -0.288. The second-order valence-electron chi connectivity index (χ2n) is 5.19. The van der Waals surface area contributed by atoms with Gasteiger partial charge in [-0.3, -0.25) is 19.3 Å². The van der Waals surface area contributed by atoms with E-state index in [1.165, 1.54) is 22.4 Å². The third kappa shape index (κ3) is 2.43. The minimum Gasteiger partial charge on any atom is -0.465 e. The first-order valence-corrected chi connectivity index (χ1v) is 6.95. The van der Waals surface area contributed by atoms with Crippen LogP contribution >= 0.6 is 0 Å². The second kappa shape index (κ2) is 5.65. The Kier molecular flexibility index (Phi) is 3.64. The van der Waals surface area contributed by atoms with Crippen LogP contribution in [0.2, 0.25) is 0 Å². The van der Waals surface area contributed by atoms with Crippen molar-refractivity contribution in [2.75, 3.05) is 0 Å². The molecule has 0 fully saturated rings. The minimum atomic E-state index is -1.25. The zero-order valence-corrected chi connectivity index (χ0v) is 12.8. The van der Waals surface area contributed by atoms with Gasteiger partial charge in [0.05, 0.1) is 0 Å². The van der Waals surface area contributed by atoms with E-state index in [0.717, 1.165) is 0 Å². The average Bonchev–Trinajstić information content (AvgIpc) is 2.89. The molecule has 24 heavy (non-hydrogen) atoms. The Morgan fingerprint density at radius 1 is 1.33 bits per heavy atom. The molecule has 10 nitrogen and oxygen atoms in total. The first kappa shape index (κ1) is 15.5. The number of amides is 1. The molecule has 0 aliphatic carbocycles. The van der Waals surface area contributed by atoms with Gasteiger partial charge in [0.25, 0.3) is 5.56 Å². The maximum Gasteiger partial charge on any atom is 0.405 e. The fourth-order valence-electron chi connectivity index (χ4n) is 2.55. The number of H-pyrrole nitrogens is 1. The van der Waals surface area contributed by atoms with Crippen LogP contribution in [0.5, 0.6) is 0 Å². The molecule has 0 saturated carbocycles. The zero-order valence-electron chi connectivity index (χ0n) is 12.8. The Hall–Kier alpha value is -3.43. The molecule has 0 aromatic carbocycles. The van der Waals surface area contributed by atoms with Gasteiger partial charge < -0.3 is 15.0 Å². The van der Waals surface area contributed by atoms with Gasteiger partial charge in [0.2, 0.25) is 0 Å². The SMILES string of the molecule is Cn1c(C(NC(=O)O)c2cccnc2)nc2c1c(=O)[nH]c(=O)n2C. The monoisotopic (exact) mass is 330 g/mol. The Bertz CT molecular complexity index is 1030. The summed E-state index contributed by atoms with van der Waals surface area (Å²) in [5.74, 6) is 0.270. The minimum absolute atomic E-state index is 0.169. The van der Waals surface area contributed by atoms with Crippen molar-refractivity contribution in [2.45, 2.75) is 6.04 Å². The van der Waals surface area contributed by atoms with Gasteiger partial charge in [-0.1, -0.05) is 6.07 Å². The average molecular weight is 330 g/mol. The zero-order chi connectivity index (χ0) is 17.4. The van der Waals surface area contributed by atoms with Gasteiger partial charge in [0.15, 0.2) is 11.2 Å². The molecule has 3 N–H and O–H groups in total. The molecule has 3 aromatic heterocycles. The van der Waals surface area contributed by atoms with Gasteiger partial charge in [-0.25, -0.2) is 14.6 Å². The smallest absolute Gasteiger partial charge is 0.405 e. The molecule has 0 radical (unpaired) electrons. The summed E-state index contributed by atoms with van der Waals surface area (Å²) in [5.41, 5.74) is -0.286. The number of fused-ring (bicyclic) bond motifs is 1. The number of aromatic amines is 1. The number of hydrogen-bond donors (Lipinski definition) is 3. The van der Waals surface area contributed by atoms with E-state index in [2.05, 4.69) is 20.3 Å². The van der Waals surface area contributed by atoms with E-state index < -0.39 is 23.4 Å². The summed E-state index contributed by atoms with van der Waals surface area (Å²) in [6, 6.07) is 2.51. The van der Waals surface area contributed by atoms with E-state index in [9.17, 15) is 14.4 Å². The highest BCUT2D eigenvalue weighted by molar-refractivity contribution is 5.72. The van der Waals surface area contributed by atoms with E-state index in [1.54, 1.807) is 25.4 Å². The predicted molar refractivity (Wildman–Crippen MR) is 83.8 cm³/mol. The molecular weight excluding hydrogens is 316 g/mol. The summed E-state index contributed by atoms with van der Waals surface area (Å²) >= 11 is 0. The van der Waals surface area contributed by atoms with Crippen LogP contribution in [0.3, 0.4) is 0 Å². The summed E-state index contributed by atoms with van der Waals surface area (Å²) in [6.45, 7) is 0. The number of imidazole rings is 1. The summed E-state index contributed by atoms with van der Waals surface area (Å²) in [4.78, 5) is 45.5. The molecule has 3 rings (SSSR count). The largest absolute Gasteiger partial charge is 0.465 e. The molecular formula is C14H14N6O4. The Labute approximate surface area is 134 Å². The summed E-state index contributed by atoms with van der Waals surface area (Å²) in [7, 11) is 3.05. The quantitative estimate of drug-likeness (QED) is 0.604. The van der Waals surface area contributed by atoms with E-state index in [4.69, 9.17) is 5.11 Å². The van der Waals surface area contributed by atoms with Crippen LogP contribution in [0.4, 0.5) is 4.79 Å². The van der Waals surface area contributed by atoms with Gasteiger partial charge >= 0.3 is 11.8 Å². The first-order chi connectivity index (χ1) is 11.4. The van der Waals surface area contributed by atoms with Gasteiger partial charge in [-0.15, -0.1) is 0 Å². The van der Waals surface area contributed by atoms with E-state index in [0.29, 0.717) is 5.56 Å². The van der Waals surface area contributed by atoms with Crippen molar-refractivity contribution in [1.29, 1.82) is 0 Å². The van der Waals surface area contributed by atoms with Crippen molar-refractivity contribution < 1.29 is 9.90 Å². The number of aromatic nitrogens is 5. The highest BCUT2D eigenvalue weighted by Gasteiger charge is 2.25. The van der Waals surface area contributed by atoms with Gasteiger partial charge in [0, 0.05) is 32.1 Å². The van der Waals surface area contributed by atoms with Crippen molar-refractivity contribution in [3.63, 3.8) is 0 Å². The molecule has 3 heterocycles. The Balaban J connectivity index is 2.29. The third-order valence-electron chi connectivity index (χ3n) is 3.71. The van der Waals surface area contributed by atoms with Crippen LogP contribution in [0.25, 0.3) is 11.2 Å². The third-order valence-corrected chi connectivity index (χ3v) is 3.71. The molecule has 0 saturated heterocycles. The second-order valence-corrected chi connectivity index (χ2v) is 5.19. The standard InChI is InChI=1S/C14H14N6O4/c1-19-9-11(20(2)13(22)18-12(9)21)17-10(19)8(16-14(23)24)7-4-3-5-15-6-7/h3-6,8,16H,1-2H3,(H,23,24)(H,18,21,22). The van der Waals surface area contributed by atoms with Gasteiger partial charge in [-0.05, 0) is 6.07 Å². The van der Waals surface area contributed by atoms with Crippen molar-refractivity contribution in [3.8, 4) is 0 Å². The number of rotatable bonds is 3. The van der Waals surface area contributed by atoms with Crippen molar-refractivity contribution >= 4 is 17.3 Å². The summed E-state index contributed by atoms with van der Waals surface area (Å²) in [5, 5.41) is 11.5. The molecule has 0 aliphatic heterocycles. The van der Waals surface area contributed by atoms with E-state index in [1.807, 2.05) is 0 Å². The van der Waals surface area contributed by atoms with Crippen LogP contribution in [0.15, 0.2) is 34.1 Å². The maximum atomic E-state index is 12.1. The van der Waals surface area contributed by atoms with Crippen molar-refractivity contribution in [2.24, 2.45) is 14.1 Å². The molecule has 1 atom stereocenters. The number of nitrogens with one attached hydrogen (secondary N) is 2. The highest BCUT2D eigenvalue weighted by atomic mass is 16.4. The van der Waals surface area contributed by atoms with Crippen LogP contribution in [0.1, 0.15) is 17.4 Å². The fourth-order valence-corrected chi connectivity index (χ4v) is 2.55. The summed E-state index contributed by atoms with van der Waals surface area (Å²) < 4.78 is 2.66. The van der Waals surface area contributed by atoms with Gasteiger partial charge in [0.1, 0.15) is 11.9 Å². The first-order valence-electron chi connectivity index (χ1n) is 6.95. The van der Waals surface area contributed by atoms with E-state index >= 15 is 0 Å². The van der Waals surface area contributed by atoms with Crippen LogP contribution < -0.4 is 16.6 Å². The normalized spacial score (nSPS) is 12.2. The molecule has 1 unspecified atom stereocenters. The molecule has 124 valence electrons. The molecule has 0 spiro atoms. The van der Waals surface area contributed by atoms with Crippen molar-refractivity contribution in [3.05, 3.63) is 56.8 Å². The number of aryl methyl sites for hydroxylation is 2. The number of pyridine rings is 1. The number of carboxylic acid groups (broad SMARTS) is 1.